The first kappa shape index (κ1) is 18.7. The van der Waals surface area contributed by atoms with E-state index in [-0.39, 0.29) is 0 Å². The highest BCUT2D eigenvalue weighted by Gasteiger charge is 2.34. The molecule has 1 aromatic carbocycles. The number of aliphatic carboxylic acids is 2. The molecule has 134 valence electrons. The summed E-state index contributed by atoms with van der Waals surface area (Å²) in [6, 6.07) is 8.18. The Morgan fingerprint density at radius 3 is 2.28 bits per heavy atom. The Morgan fingerprint density at radius 1 is 1.12 bits per heavy atom. The molecule has 3 rings (SSSR count). The molecule has 25 heavy (non-hydrogen) atoms. The number of carboxylic acids is 2. The zero-order valence-corrected chi connectivity index (χ0v) is 14.0. The molecule has 1 saturated heterocycles. The molecule has 2 aromatic rings. The van der Waals surface area contributed by atoms with Gasteiger partial charge in [0, 0.05) is 42.3 Å². The van der Waals surface area contributed by atoms with Gasteiger partial charge in [-0.2, -0.15) is 0 Å². The van der Waals surface area contributed by atoms with Crippen molar-refractivity contribution in [2.45, 2.75) is 18.4 Å². The van der Waals surface area contributed by atoms with Crippen LogP contribution in [0.2, 0.25) is 0 Å². The van der Waals surface area contributed by atoms with Crippen molar-refractivity contribution in [3.05, 3.63) is 48.2 Å². The maximum absolute atomic E-state index is 10.8. The zero-order valence-electron chi connectivity index (χ0n) is 14.0. The first-order valence-electron chi connectivity index (χ1n) is 7.93. The lowest BCUT2D eigenvalue weighted by Gasteiger charge is -2.37. The number of carboxylic acid groups (broad SMARTS) is 2. The van der Waals surface area contributed by atoms with Crippen LogP contribution in [0.4, 0.5) is 0 Å². The number of rotatable bonds is 3. The van der Waals surface area contributed by atoms with Crippen molar-refractivity contribution in [3.63, 3.8) is 0 Å². The number of benzene rings is 1. The van der Waals surface area contributed by atoms with Gasteiger partial charge in [-0.3, -0.25) is 0 Å². The fourth-order valence-corrected chi connectivity index (χ4v) is 2.89. The van der Waals surface area contributed by atoms with Crippen LogP contribution in [0.5, 0.6) is 0 Å². The van der Waals surface area contributed by atoms with E-state index in [1.165, 1.54) is 0 Å². The van der Waals surface area contributed by atoms with Crippen LogP contribution < -0.4 is 0 Å². The fraction of sp³-hybridized carbons (Fsp3) is 0.333. The van der Waals surface area contributed by atoms with Crippen LogP contribution >= 0.6 is 0 Å². The first-order valence-corrected chi connectivity index (χ1v) is 7.93. The van der Waals surface area contributed by atoms with Crippen LogP contribution in [0.1, 0.15) is 18.4 Å². The van der Waals surface area contributed by atoms with Crippen molar-refractivity contribution >= 4 is 22.8 Å². The number of hydrogen-bond donors (Lipinski definition) is 4. The molecule has 2 heterocycles. The average Bonchev–Trinajstić information content (AvgIpc) is 3.05. The van der Waals surface area contributed by atoms with Crippen molar-refractivity contribution in [1.29, 1.82) is 0 Å². The van der Waals surface area contributed by atoms with E-state index in [9.17, 15) is 14.7 Å². The van der Waals surface area contributed by atoms with Crippen LogP contribution in [0.25, 0.3) is 10.9 Å². The normalized spacial score (nSPS) is 17.2. The number of nitrogens with one attached hydrogen (secondary N) is 1. The van der Waals surface area contributed by atoms with Crippen molar-refractivity contribution in [2.75, 3.05) is 20.1 Å². The highest BCUT2D eigenvalue weighted by atomic mass is 16.4. The van der Waals surface area contributed by atoms with Crippen LogP contribution in [-0.4, -0.2) is 57.3 Å². The molecular weight excluding hydrogens is 324 g/mol. The largest absolute Gasteiger partial charge is 0.478 e. The lowest BCUT2D eigenvalue weighted by Crippen LogP contribution is -2.40. The Bertz CT molecular complexity index is 757. The van der Waals surface area contributed by atoms with E-state index in [1.807, 2.05) is 12.3 Å². The van der Waals surface area contributed by atoms with Crippen LogP contribution in [-0.2, 0) is 15.2 Å². The van der Waals surface area contributed by atoms with Crippen LogP contribution in [0.3, 0.4) is 0 Å². The minimum absolute atomic E-state index is 0.558. The van der Waals surface area contributed by atoms with E-state index < -0.39 is 17.5 Å². The standard InChI is InChI=1S/C14H18N2O.C4H4O4/c1-16-9-6-14(17,7-10-16)12-3-2-4-13-11(12)5-8-15-13;5-3(6)1-2-4(7)8/h2-5,8,15,17H,6-7,9-10H2,1H3;1-2H,(H,5,6)(H,7,8). The van der Waals surface area contributed by atoms with E-state index in [2.05, 4.69) is 35.1 Å². The predicted molar refractivity (Wildman–Crippen MR) is 93.3 cm³/mol. The molecule has 0 unspecified atom stereocenters. The molecule has 0 amide bonds. The van der Waals surface area contributed by atoms with Gasteiger partial charge in [0.1, 0.15) is 0 Å². The van der Waals surface area contributed by atoms with Gasteiger partial charge >= 0.3 is 11.9 Å². The van der Waals surface area contributed by atoms with Gasteiger partial charge in [-0.25, -0.2) is 9.59 Å². The summed E-state index contributed by atoms with van der Waals surface area (Å²) in [7, 11) is 2.11. The third kappa shape index (κ3) is 4.91. The third-order valence-electron chi connectivity index (χ3n) is 4.28. The molecule has 1 aliphatic rings. The third-order valence-corrected chi connectivity index (χ3v) is 4.28. The molecule has 0 spiro atoms. The molecule has 0 atom stereocenters. The van der Waals surface area contributed by atoms with Gasteiger partial charge < -0.3 is 25.2 Å². The summed E-state index contributed by atoms with van der Waals surface area (Å²) in [5.74, 6) is -2.51. The van der Waals surface area contributed by atoms with Crippen molar-refractivity contribution < 1.29 is 24.9 Å². The topological polar surface area (TPSA) is 114 Å². The summed E-state index contributed by atoms with van der Waals surface area (Å²) in [4.78, 5) is 24.6. The Hall–Kier alpha value is -2.64. The van der Waals surface area contributed by atoms with Crippen LogP contribution in [0, 0.1) is 0 Å². The van der Waals surface area contributed by atoms with Crippen LogP contribution in [0.15, 0.2) is 42.6 Å². The second-order valence-corrected chi connectivity index (χ2v) is 6.09. The van der Waals surface area contributed by atoms with Gasteiger partial charge in [0.15, 0.2) is 0 Å². The second kappa shape index (κ2) is 7.96. The number of piperidine rings is 1. The highest BCUT2D eigenvalue weighted by molar-refractivity contribution is 5.89. The Labute approximate surface area is 145 Å². The van der Waals surface area contributed by atoms with E-state index in [0.29, 0.717) is 12.2 Å². The number of carbonyl (C=O) groups is 2. The van der Waals surface area contributed by atoms with E-state index >= 15 is 0 Å². The lowest BCUT2D eigenvalue weighted by molar-refractivity contribution is -0.134. The Kier molecular flexibility index (Phi) is 5.95. The molecule has 4 N–H and O–H groups in total. The number of likely N-dealkylation sites (tertiary alicyclic amines) is 1. The van der Waals surface area contributed by atoms with E-state index in [4.69, 9.17) is 10.2 Å². The molecule has 0 bridgehead atoms. The molecule has 1 aromatic heterocycles. The summed E-state index contributed by atoms with van der Waals surface area (Å²) in [5.41, 5.74) is 1.52. The van der Waals surface area contributed by atoms with Crippen molar-refractivity contribution in [2.24, 2.45) is 0 Å². The number of aliphatic hydroxyl groups is 1. The van der Waals surface area contributed by atoms with E-state index in [1.54, 1.807) is 0 Å². The Morgan fingerprint density at radius 2 is 1.72 bits per heavy atom. The van der Waals surface area contributed by atoms with E-state index in [0.717, 1.165) is 42.4 Å². The Balaban J connectivity index is 0.000000242. The number of aromatic nitrogens is 1. The monoisotopic (exact) mass is 346 g/mol. The van der Waals surface area contributed by atoms with Crippen molar-refractivity contribution in [3.8, 4) is 0 Å². The minimum Gasteiger partial charge on any atom is -0.478 e. The number of H-pyrrole nitrogens is 1. The van der Waals surface area contributed by atoms with Gasteiger partial charge in [0.2, 0.25) is 0 Å². The molecule has 0 saturated carbocycles. The van der Waals surface area contributed by atoms with Gasteiger partial charge in [-0.05, 0) is 37.6 Å². The smallest absolute Gasteiger partial charge is 0.328 e. The fourth-order valence-electron chi connectivity index (χ4n) is 2.89. The summed E-state index contributed by atoms with van der Waals surface area (Å²) in [5, 5.41) is 27.6. The molecule has 7 heteroatoms. The predicted octanol–water partition coefficient (Wildman–Crippen LogP) is 1.79. The maximum Gasteiger partial charge on any atom is 0.328 e. The number of aromatic amines is 1. The number of nitrogens with zero attached hydrogens (tertiary/aromatic N) is 1. The second-order valence-electron chi connectivity index (χ2n) is 6.09. The highest BCUT2D eigenvalue weighted by Crippen LogP contribution is 2.36. The summed E-state index contributed by atoms with van der Waals surface area (Å²) in [6.45, 7) is 1.91. The summed E-state index contributed by atoms with van der Waals surface area (Å²) >= 11 is 0. The van der Waals surface area contributed by atoms with Gasteiger partial charge in [-0.1, -0.05) is 12.1 Å². The summed E-state index contributed by atoms with van der Waals surface area (Å²) in [6.07, 6.45) is 4.68. The molecule has 7 nitrogen and oxygen atoms in total. The summed E-state index contributed by atoms with van der Waals surface area (Å²) < 4.78 is 0. The molecule has 0 radical (unpaired) electrons. The zero-order chi connectivity index (χ0) is 18.4. The number of hydrogen-bond acceptors (Lipinski definition) is 4. The van der Waals surface area contributed by atoms with Gasteiger partial charge in [-0.15, -0.1) is 0 Å². The quantitative estimate of drug-likeness (QED) is 0.630. The molecule has 0 aliphatic carbocycles. The first-order chi connectivity index (χ1) is 11.8. The number of fused-ring (bicyclic) bond motifs is 1. The average molecular weight is 346 g/mol. The molecule has 1 fully saturated rings. The SMILES string of the molecule is CN1CCC(O)(c2cccc3[nH]ccc23)CC1.O=C(O)C=CC(=O)O. The maximum atomic E-state index is 10.8. The minimum atomic E-state index is -1.26. The van der Waals surface area contributed by atoms with Gasteiger partial charge in [0.05, 0.1) is 5.60 Å². The molecule has 1 aliphatic heterocycles. The van der Waals surface area contributed by atoms with Gasteiger partial charge in [0.25, 0.3) is 0 Å². The lowest BCUT2D eigenvalue weighted by atomic mass is 9.83. The molecular formula is C18H22N2O5. The van der Waals surface area contributed by atoms with Crippen molar-refractivity contribution in [1.82, 2.24) is 9.88 Å².